The minimum absolute atomic E-state index is 0.212. The third-order valence-electron chi connectivity index (χ3n) is 3.37. The summed E-state index contributed by atoms with van der Waals surface area (Å²) in [6, 6.07) is 8.81. The fraction of sp³-hybridized carbons (Fsp3) is 0.158. The van der Waals surface area contributed by atoms with Crippen LogP contribution in [0.5, 0.6) is 5.75 Å². The van der Waals surface area contributed by atoms with Crippen molar-refractivity contribution >= 4 is 33.4 Å². The van der Waals surface area contributed by atoms with E-state index in [1.165, 1.54) is 17.5 Å². The molecule has 3 rings (SSSR count). The molecule has 0 atom stereocenters. The highest BCUT2D eigenvalue weighted by Crippen LogP contribution is 2.27. The number of nitrogens with zero attached hydrogens (tertiary/aromatic N) is 3. The largest absolute Gasteiger partial charge is 0.468 e. The van der Waals surface area contributed by atoms with E-state index < -0.39 is 4.92 Å². The molecule has 0 saturated heterocycles. The first-order chi connectivity index (χ1) is 13.2. The zero-order valence-corrected chi connectivity index (χ0v) is 15.2. The molecule has 0 bridgehead atoms. The molecule has 0 N–H and O–H groups in total. The number of hydrogen-bond donors (Lipinski definition) is 0. The van der Waals surface area contributed by atoms with Crippen molar-refractivity contribution in [2.75, 3.05) is 13.4 Å². The third-order valence-corrected chi connectivity index (χ3v) is 4.35. The second kappa shape index (κ2) is 8.89. The van der Waals surface area contributed by atoms with Gasteiger partial charge in [-0.2, -0.15) is 0 Å². The summed E-state index contributed by atoms with van der Waals surface area (Å²) < 4.78 is 11.7. The van der Waals surface area contributed by atoms with Crippen LogP contribution in [0.25, 0.3) is 16.3 Å². The van der Waals surface area contributed by atoms with Crippen molar-refractivity contribution in [2.24, 2.45) is 0 Å². The average molecular weight is 381 g/mol. The number of allylic oxidation sites excluding steroid dienone is 1. The van der Waals surface area contributed by atoms with E-state index in [0.717, 1.165) is 21.0 Å². The second-order valence-electron chi connectivity index (χ2n) is 5.17. The predicted molar refractivity (Wildman–Crippen MR) is 104 cm³/mol. The van der Waals surface area contributed by atoms with Crippen molar-refractivity contribution in [1.82, 2.24) is 9.97 Å². The highest BCUT2D eigenvalue weighted by molar-refractivity contribution is 7.19. The Morgan fingerprint density at radius 1 is 1.37 bits per heavy atom. The third kappa shape index (κ3) is 4.88. The Kier molecular flexibility index (Phi) is 6.10. The van der Waals surface area contributed by atoms with E-state index in [-0.39, 0.29) is 18.2 Å². The summed E-state index contributed by atoms with van der Waals surface area (Å²) in [7, 11) is 0. The molecular weight excluding hydrogens is 366 g/mol. The summed E-state index contributed by atoms with van der Waals surface area (Å²) in [6.45, 7) is 2.72. The highest BCUT2D eigenvalue weighted by atomic mass is 32.1. The molecule has 136 valence electrons. The lowest BCUT2D eigenvalue weighted by Gasteiger charge is -2.04. The van der Waals surface area contributed by atoms with Crippen molar-refractivity contribution < 1.29 is 14.4 Å². The molecule has 2 aromatic heterocycles. The lowest BCUT2D eigenvalue weighted by Crippen LogP contribution is -2.01. The van der Waals surface area contributed by atoms with Crippen LogP contribution in [0.1, 0.15) is 17.5 Å². The standard InChI is InChI=1S/C19H15N3O4S/c1-2-25-13-26-15-9-10-16-17(12-15)27-18(21-16)8-4-3-6-14-7-5-11-20-19(14)22(23)24/h4-5,7-12H,2,13H2,1H3/b8-4+. The first kappa shape index (κ1) is 18.5. The lowest BCUT2D eigenvalue weighted by atomic mass is 10.2. The summed E-state index contributed by atoms with van der Waals surface area (Å²) in [5, 5.41) is 11.7. The average Bonchev–Trinajstić information content (AvgIpc) is 3.08. The number of benzene rings is 1. The summed E-state index contributed by atoms with van der Waals surface area (Å²) in [6.07, 6.45) is 4.74. The van der Waals surface area contributed by atoms with Crippen LogP contribution in [-0.2, 0) is 4.74 Å². The van der Waals surface area contributed by atoms with Gasteiger partial charge in [-0.25, -0.2) is 4.98 Å². The van der Waals surface area contributed by atoms with Crippen molar-refractivity contribution in [2.45, 2.75) is 6.92 Å². The van der Waals surface area contributed by atoms with E-state index in [4.69, 9.17) is 9.47 Å². The Bertz CT molecular complexity index is 1050. The van der Waals surface area contributed by atoms with Gasteiger partial charge in [0.15, 0.2) is 6.79 Å². The van der Waals surface area contributed by atoms with Crippen LogP contribution in [-0.4, -0.2) is 28.3 Å². The predicted octanol–water partition coefficient (Wildman–Crippen LogP) is 4.04. The molecule has 0 saturated carbocycles. The Labute approximate surface area is 159 Å². The molecule has 0 aliphatic heterocycles. The van der Waals surface area contributed by atoms with Crippen LogP contribution in [0, 0.1) is 22.0 Å². The van der Waals surface area contributed by atoms with E-state index in [2.05, 4.69) is 21.8 Å². The van der Waals surface area contributed by atoms with Gasteiger partial charge in [-0.3, -0.25) is 0 Å². The van der Waals surface area contributed by atoms with Crippen LogP contribution in [0.2, 0.25) is 0 Å². The van der Waals surface area contributed by atoms with Gasteiger partial charge in [0, 0.05) is 6.61 Å². The molecule has 0 amide bonds. The Morgan fingerprint density at radius 3 is 3.07 bits per heavy atom. The molecule has 0 spiro atoms. The van der Waals surface area contributed by atoms with Gasteiger partial charge in [-0.05, 0) is 59.3 Å². The molecule has 0 aliphatic carbocycles. The molecule has 1 aromatic carbocycles. The van der Waals surface area contributed by atoms with Gasteiger partial charge in [-0.1, -0.05) is 11.8 Å². The first-order valence-electron chi connectivity index (χ1n) is 8.06. The van der Waals surface area contributed by atoms with Gasteiger partial charge in [0.25, 0.3) is 0 Å². The van der Waals surface area contributed by atoms with E-state index in [1.54, 1.807) is 24.3 Å². The SMILES string of the molecule is CCOCOc1ccc2nc(/C=C/C#Cc3cccnc3[N+](=O)[O-])sc2c1. The van der Waals surface area contributed by atoms with Crippen molar-refractivity contribution in [3.63, 3.8) is 0 Å². The maximum Gasteiger partial charge on any atom is 0.379 e. The Hall–Kier alpha value is -3.28. The van der Waals surface area contributed by atoms with Crippen LogP contribution >= 0.6 is 11.3 Å². The van der Waals surface area contributed by atoms with Gasteiger partial charge in [0.1, 0.15) is 22.5 Å². The lowest BCUT2D eigenvalue weighted by molar-refractivity contribution is -0.389. The number of nitro groups is 1. The van der Waals surface area contributed by atoms with E-state index >= 15 is 0 Å². The molecular formula is C19H15N3O4S. The van der Waals surface area contributed by atoms with Crippen LogP contribution in [0.3, 0.4) is 0 Å². The Balaban J connectivity index is 1.73. The maximum atomic E-state index is 10.9. The zero-order valence-electron chi connectivity index (χ0n) is 14.4. The van der Waals surface area contributed by atoms with Gasteiger partial charge < -0.3 is 19.6 Å². The molecule has 0 unspecified atom stereocenters. The number of fused-ring (bicyclic) bond motifs is 1. The normalized spacial score (nSPS) is 10.7. The first-order valence-corrected chi connectivity index (χ1v) is 8.87. The molecule has 7 nitrogen and oxygen atoms in total. The fourth-order valence-electron chi connectivity index (χ4n) is 2.15. The number of rotatable bonds is 6. The number of pyridine rings is 1. The van der Waals surface area contributed by atoms with Gasteiger partial charge in [0.2, 0.25) is 0 Å². The monoisotopic (exact) mass is 381 g/mol. The molecule has 2 heterocycles. The highest BCUT2D eigenvalue weighted by Gasteiger charge is 2.11. The maximum absolute atomic E-state index is 10.9. The topological polar surface area (TPSA) is 87.4 Å². The molecule has 3 aromatic rings. The number of hydrogen-bond acceptors (Lipinski definition) is 7. The van der Waals surface area contributed by atoms with Gasteiger partial charge in [-0.15, -0.1) is 11.3 Å². The van der Waals surface area contributed by atoms with E-state index in [9.17, 15) is 10.1 Å². The summed E-state index contributed by atoms with van der Waals surface area (Å²) in [5.41, 5.74) is 1.13. The summed E-state index contributed by atoms with van der Waals surface area (Å²) in [4.78, 5) is 18.6. The van der Waals surface area contributed by atoms with E-state index in [1.807, 2.05) is 25.1 Å². The van der Waals surface area contributed by atoms with Crippen LogP contribution in [0.15, 0.2) is 42.6 Å². The van der Waals surface area contributed by atoms with Gasteiger partial charge >= 0.3 is 5.82 Å². The van der Waals surface area contributed by atoms with Crippen LogP contribution < -0.4 is 4.74 Å². The smallest absolute Gasteiger partial charge is 0.379 e. The minimum atomic E-state index is -0.549. The number of thiazole rings is 1. The quantitative estimate of drug-likeness (QED) is 0.211. The zero-order chi connectivity index (χ0) is 19.1. The Morgan fingerprint density at radius 2 is 2.26 bits per heavy atom. The summed E-state index contributed by atoms with van der Waals surface area (Å²) in [5.74, 6) is 5.99. The van der Waals surface area contributed by atoms with Crippen molar-refractivity contribution in [3.05, 3.63) is 63.3 Å². The molecule has 0 fully saturated rings. The molecule has 0 aliphatic rings. The summed E-state index contributed by atoms with van der Waals surface area (Å²) >= 11 is 1.50. The molecule has 0 radical (unpaired) electrons. The van der Waals surface area contributed by atoms with Gasteiger partial charge in [0.05, 0.1) is 10.2 Å². The number of aromatic nitrogens is 2. The van der Waals surface area contributed by atoms with Crippen LogP contribution in [0.4, 0.5) is 5.82 Å². The number of ether oxygens (including phenoxy) is 2. The molecule has 27 heavy (non-hydrogen) atoms. The van der Waals surface area contributed by atoms with Crippen molar-refractivity contribution in [1.29, 1.82) is 0 Å². The minimum Gasteiger partial charge on any atom is -0.468 e. The van der Waals surface area contributed by atoms with E-state index in [0.29, 0.717) is 6.61 Å². The molecule has 8 heteroatoms. The van der Waals surface area contributed by atoms with Crippen molar-refractivity contribution in [3.8, 4) is 17.6 Å². The fourth-order valence-corrected chi connectivity index (χ4v) is 3.05. The second-order valence-corrected chi connectivity index (χ2v) is 6.23.